The minimum Gasteiger partial charge on any atom is -0.507 e. The fraction of sp³-hybridized carbons (Fsp3) is 0.455. The van der Waals surface area contributed by atoms with Crippen molar-refractivity contribution in [1.29, 1.82) is 0 Å². The highest BCUT2D eigenvalue weighted by atomic mass is 19.1. The maximum Gasteiger partial charge on any atom is 0.143 e. The van der Waals surface area contributed by atoms with Crippen molar-refractivity contribution in [3.63, 3.8) is 0 Å². The fourth-order valence-electron chi connectivity index (χ4n) is 3.45. The zero-order chi connectivity index (χ0) is 20.6. The van der Waals surface area contributed by atoms with Crippen LogP contribution in [0.4, 0.5) is 4.39 Å². The van der Waals surface area contributed by atoms with Gasteiger partial charge in [-0.25, -0.2) is 4.39 Å². The van der Waals surface area contributed by atoms with E-state index in [4.69, 9.17) is 10.5 Å². The molecule has 1 aliphatic heterocycles. The topological polar surface area (TPSA) is 55.5 Å². The van der Waals surface area contributed by atoms with E-state index in [2.05, 4.69) is 13.1 Å². The number of nitrogens with zero attached hydrogens (tertiary/aromatic N) is 1. The number of likely N-dealkylation sites (N-methyl/N-ethyl adjacent to an activating group) is 1. The lowest BCUT2D eigenvalue weighted by Crippen LogP contribution is -2.49. The van der Waals surface area contributed by atoms with Crippen LogP contribution in [0, 0.1) is 5.82 Å². The van der Waals surface area contributed by atoms with E-state index in [0.29, 0.717) is 22.3 Å². The average Bonchev–Trinajstić information content (AvgIpc) is 2.62. The summed E-state index contributed by atoms with van der Waals surface area (Å²) in [6.07, 6.45) is 8.92. The summed E-state index contributed by atoms with van der Waals surface area (Å²) in [7, 11) is 3.53. The largest absolute Gasteiger partial charge is 0.507 e. The number of hydrogen-bond donors (Lipinski definition) is 2. The van der Waals surface area contributed by atoms with E-state index in [1.54, 1.807) is 0 Å². The molecule has 0 bridgehead atoms. The predicted molar refractivity (Wildman–Crippen MR) is 110 cm³/mol. The van der Waals surface area contributed by atoms with Crippen molar-refractivity contribution in [3.8, 4) is 11.5 Å². The van der Waals surface area contributed by atoms with E-state index in [0.717, 1.165) is 24.2 Å². The van der Waals surface area contributed by atoms with Crippen molar-refractivity contribution in [1.82, 2.24) is 0 Å². The smallest absolute Gasteiger partial charge is 0.143 e. The van der Waals surface area contributed by atoms with Gasteiger partial charge in [-0.2, -0.15) is 0 Å². The van der Waals surface area contributed by atoms with Gasteiger partial charge in [0.05, 0.1) is 32.8 Å². The van der Waals surface area contributed by atoms with Crippen molar-refractivity contribution in [3.05, 3.63) is 59.1 Å². The monoisotopic (exact) mass is 377 g/mol. The summed E-state index contributed by atoms with van der Waals surface area (Å²) < 4.78 is 20.5. The van der Waals surface area contributed by atoms with Gasteiger partial charge in [0.15, 0.2) is 0 Å². The van der Waals surface area contributed by atoms with Crippen molar-refractivity contribution < 1.29 is 18.7 Å². The van der Waals surface area contributed by atoms with Gasteiger partial charge in [0, 0.05) is 24.3 Å². The highest BCUT2D eigenvalue weighted by Gasteiger charge is 2.38. The van der Waals surface area contributed by atoms with Crippen LogP contribution in [0.2, 0.25) is 0 Å². The Morgan fingerprint density at radius 2 is 2.07 bits per heavy atom. The Labute approximate surface area is 163 Å². The van der Waals surface area contributed by atoms with Gasteiger partial charge in [0.2, 0.25) is 0 Å². The molecule has 0 aromatic heterocycles. The lowest BCUT2D eigenvalue weighted by molar-refractivity contribution is -0.928. The molecule has 4 nitrogen and oxygen atoms in total. The van der Waals surface area contributed by atoms with Crippen LogP contribution in [-0.4, -0.2) is 36.8 Å². The van der Waals surface area contributed by atoms with Crippen LogP contribution < -0.4 is 10.5 Å². The molecule has 0 spiro atoms. The molecule has 2 atom stereocenters. The van der Waals surface area contributed by atoms with Gasteiger partial charge in [-0.15, -0.1) is 0 Å². The third kappa shape index (κ3) is 5.60. The summed E-state index contributed by atoms with van der Waals surface area (Å²) in [5.41, 5.74) is 7.86. The molecule has 150 valence electrons. The van der Waals surface area contributed by atoms with Crippen LogP contribution in [-0.2, 0) is 0 Å². The van der Waals surface area contributed by atoms with Crippen LogP contribution in [0.1, 0.15) is 45.7 Å². The molecule has 0 saturated heterocycles. The number of aromatic hydroxyl groups is 1. The zero-order valence-corrected chi connectivity index (χ0v) is 17.4. The number of ether oxygens (including phenoxy) is 1. The van der Waals surface area contributed by atoms with Crippen LogP contribution in [0.15, 0.2) is 47.7 Å². The molecule has 3 N–H and O–H groups in total. The predicted octanol–water partition coefficient (Wildman–Crippen LogP) is 4.82. The minimum atomic E-state index is -0.461. The van der Waals surface area contributed by atoms with Gasteiger partial charge in [-0.1, -0.05) is 32.1 Å². The second-order valence-corrected chi connectivity index (χ2v) is 6.91. The van der Waals surface area contributed by atoms with Gasteiger partial charge in [0.1, 0.15) is 23.4 Å². The lowest BCUT2D eigenvalue weighted by Gasteiger charge is -2.42. The molecule has 0 saturated carbocycles. The SMILES string of the molecule is CC.COc1cc(O)c(C2/C(C)=C/C=C\CC[N+]2(C)C/C=C(\C)N)c(F)c1. The third-order valence-corrected chi connectivity index (χ3v) is 4.78. The first-order valence-corrected chi connectivity index (χ1v) is 9.44. The molecule has 0 aliphatic carbocycles. The van der Waals surface area contributed by atoms with Crippen molar-refractivity contribution >= 4 is 0 Å². The molecule has 1 aromatic carbocycles. The molecule has 1 aromatic rings. The number of hydrogen-bond acceptors (Lipinski definition) is 3. The normalized spacial score (nSPS) is 26.0. The molecule has 0 fully saturated rings. The highest BCUT2D eigenvalue weighted by Crippen LogP contribution is 2.42. The summed E-state index contributed by atoms with van der Waals surface area (Å²) in [6.45, 7) is 9.27. The van der Waals surface area contributed by atoms with Gasteiger partial charge < -0.3 is 20.1 Å². The Morgan fingerprint density at radius 3 is 2.63 bits per heavy atom. The summed E-state index contributed by atoms with van der Waals surface area (Å²) in [5.74, 6) is -0.244. The number of halogens is 1. The number of rotatable bonds is 4. The molecular formula is C22H34FN2O2+. The summed E-state index contributed by atoms with van der Waals surface area (Å²) >= 11 is 0. The second-order valence-electron chi connectivity index (χ2n) is 6.91. The number of phenols is 1. The summed E-state index contributed by atoms with van der Waals surface area (Å²) in [4.78, 5) is 0. The van der Waals surface area contributed by atoms with Crippen molar-refractivity contribution in [2.45, 2.75) is 40.2 Å². The molecule has 5 heteroatoms. The van der Waals surface area contributed by atoms with E-state index < -0.39 is 5.82 Å². The minimum absolute atomic E-state index is 0.0862. The quantitative estimate of drug-likeness (QED) is 0.740. The van der Waals surface area contributed by atoms with E-state index in [-0.39, 0.29) is 11.8 Å². The summed E-state index contributed by atoms with van der Waals surface area (Å²) in [5, 5.41) is 10.5. The van der Waals surface area contributed by atoms with Crippen LogP contribution >= 0.6 is 0 Å². The van der Waals surface area contributed by atoms with Crippen LogP contribution in [0.25, 0.3) is 0 Å². The van der Waals surface area contributed by atoms with Crippen LogP contribution in [0.5, 0.6) is 11.5 Å². The number of allylic oxidation sites excluding steroid dienone is 3. The number of nitrogens with two attached hydrogens (primary N) is 1. The zero-order valence-electron chi connectivity index (χ0n) is 17.4. The third-order valence-electron chi connectivity index (χ3n) is 4.78. The fourth-order valence-corrected chi connectivity index (χ4v) is 3.45. The average molecular weight is 378 g/mol. The molecular weight excluding hydrogens is 343 g/mol. The van der Waals surface area contributed by atoms with Crippen molar-refractivity contribution in [2.24, 2.45) is 5.73 Å². The number of benzene rings is 1. The maximum absolute atomic E-state index is 14.9. The van der Waals surface area contributed by atoms with E-state index in [1.807, 2.05) is 45.9 Å². The number of methoxy groups -OCH3 is 1. The van der Waals surface area contributed by atoms with E-state index in [9.17, 15) is 9.50 Å². The number of quaternary nitrogens is 1. The van der Waals surface area contributed by atoms with E-state index >= 15 is 0 Å². The molecule has 0 radical (unpaired) electrons. The lowest BCUT2D eigenvalue weighted by atomic mass is 9.92. The summed E-state index contributed by atoms with van der Waals surface area (Å²) in [6, 6.07) is 2.48. The number of phenolic OH excluding ortho intramolecular Hbond substituents is 1. The first-order chi connectivity index (χ1) is 12.8. The molecule has 0 amide bonds. The Balaban J connectivity index is 0.00000176. The Kier molecular flexibility index (Phi) is 8.57. The van der Waals surface area contributed by atoms with Gasteiger partial charge in [-0.3, -0.25) is 0 Å². The van der Waals surface area contributed by atoms with Gasteiger partial charge in [0.25, 0.3) is 0 Å². The maximum atomic E-state index is 14.9. The first kappa shape index (κ1) is 22.8. The molecule has 2 rings (SSSR count). The highest BCUT2D eigenvalue weighted by molar-refractivity contribution is 5.45. The van der Waals surface area contributed by atoms with Crippen LogP contribution in [0.3, 0.4) is 0 Å². The first-order valence-electron chi connectivity index (χ1n) is 9.44. The molecule has 27 heavy (non-hydrogen) atoms. The van der Waals surface area contributed by atoms with E-state index in [1.165, 1.54) is 19.2 Å². The Morgan fingerprint density at radius 1 is 1.41 bits per heavy atom. The molecule has 1 heterocycles. The second kappa shape index (κ2) is 10.2. The van der Waals surface area contributed by atoms with Gasteiger partial charge >= 0.3 is 0 Å². The Bertz CT molecular complexity index is 698. The molecule has 1 aliphatic rings. The Hall–Kier alpha value is -2.27. The molecule has 2 unspecified atom stereocenters. The van der Waals surface area contributed by atoms with Crippen molar-refractivity contribution in [2.75, 3.05) is 27.2 Å². The standard InChI is InChI=1S/C20H27FN2O2.C2H6/c1-14-8-6-5-7-10-23(3,11-9-15(2)22)20(14)19-17(21)12-16(25-4)13-18(19)24;1-2/h5-6,8-9,12-13,20H,7,10-11,22H2,1-4H3;1-2H3/p+1/b6-5-,14-8+,15-9+;. The van der Waals surface area contributed by atoms with Gasteiger partial charge in [-0.05, 0) is 25.5 Å².